The number of carbonyl (C=O) groups is 2. The summed E-state index contributed by atoms with van der Waals surface area (Å²) >= 11 is 2.83. The molecule has 1 N–H and O–H groups in total. The Balaban J connectivity index is 1.36. The second kappa shape index (κ2) is 8.47. The van der Waals surface area contributed by atoms with Gasteiger partial charge in [0.1, 0.15) is 4.88 Å². The third-order valence-electron chi connectivity index (χ3n) is 4.99. The van der Waals surface area contributed by atoms with Crippen molar-refractivity contribution in [1.29, 1.82) is 0 Å². The fourth-order valence-corrected chi connectivity index (χ4v) is 5.17. The molecule has 4 rings (SSSR count). The number of hydrogen-bond donors (Lipinski definition) is 1. The number of thiazole rings is 1. The highest BCUT2D eigenvalue weighted by atomic mass is 32.1. The molecule has 0 aliphatic heterocycles. The number of hydrogen-bond acceptors (Lipinski definition) is 6. The minimum atomic E-state index is -0.898. The molecule has 150 valence electrons. The van der Waals surface area contributed by atoms with Crippen molar-refractivity contribution in [2.24, 2.45) is 5.92 Å². The third-order valence-corrected chi connectivity index (χ3v) is 6.96. The number of aromatic nitrogens is 1. The molecule has 7 heteroatoms. The zero-order valence-corrected chi connectivity index (χ0v) is 17.9. The molecule has 5 nitrogen and oxygen atoms in total. The van der Waals surface area contributed by atoms with E-state index in [1.807, 2.05) is 41.8 Å². The number of benzene rings is 1. The first-order chi connectivity index (χ1) is 14.0. The Kier molecular flexibility index (Phi) is 5.78. The zero-order chi connectivity index (χ0) is 20.4. The van der Waals surface area contributed by atoms with Crippen LogP contribution in [0.5, 0.6) is 0 Å². The third kappa shape index (κ3) is 4.57. The molecular formula is C22H22N2O3S2. The maximum absolute atomic E-state index is 12.5. The number of aryl methyl sites for hydroxylation is 1. The highest BCUT2D eigenvalue weighted by molar-refractivity contribution is 7.14. The van der Waals surface area contributed by atoms with E-state index in [-0.39, 0.29) is 5.91 Å². The van der Waals surface area contributed by atoms with Crippen molar-refractivity contribution < 1.29 is 14.3 Å². The largest absolute Gasteiger partial charge is 0.448 e. The summed E-state index contributed by atoms with van der Waals surface area (Å²) in [4.78, 5) is 31.2. The standard InChI is InChI=1S/C22H22N2O3S2/c1-13-8-9-18-16(10-13)11-19(29-18)21(26)27-14(2)20(25)24-22-23-17(12-28-22)15-6-4-3-5-7-15/h3-7,11-14H,8-10H2,1-2H3,(H,23,24,25)/t13-,14-/m0/s1. The molecule has 3 aromatic rings. The molecule has 2 aromatic heterocycles. The minimum absolute atomic E-state index is 0.387. The zero-order valence-electron chi connectivity index (χ0n) is 16.3. The van der Waals surface area contributed by atoms with Gasteiger partial charge in [0.2, 0.25) is 0 Å². The molecule has 1 aliphatic carbocycles. The highest BCUT2D eigenvalue weighted by Gasteiger charge is 2.24. The van der Waals surface area contributed by atoms with E-state index in [2.05, 4.69) is 17.2 Å². The quantitative estimate of drug-likeness (QED) is 0.571. The number of anilines is 1. The van der Waals surface area contributed by atoms with E-state index in [0.29, 0.717) is 15.9 Å². The lowest BCUT2D eigenvalue weighted by atomic mass is 9.90. The predicted molar refractivity (Wildman–Crippen MR) is 117 cm³/mol. The van der Waals surface area contributed by atoms with E-state index in [4.69, 9.17) is 4.74 Å². The van der Waals surface area contributed by atoms with Gasteiger partial charge >= 0.3 is 5.97 Å². The van der Waals surface area contributed by atoms with E-state index in [1.165, 1.54) is 33.1 Å². The number of nitrogens with zero attached hydrogens (tertiary/aromatic N) is 1. The van der Waals surface area contributed by atoms with Crippen LogP contribution in [0, 0.1) is 5.92 Å². The van der Waals surface area contributed by atoms with E-state index >= 15 is 0 Å². The molecule has 2 atom stereocenters. The number of ether oxygens (including phenoxy) is 1. The SMILES string of the molecule is C[C@H]1CCc2sc(C(=O)O[C@@H](C)C(=O)Nc3nc(-c4ccccc4)cs3)cc2C1. The Morgan fingerprint density at radius 2 is 2.07 bits per heavy atom. The van der Waals surface area contributed by atoms with Gasteiger partial charge in [-0.05, 0) is 43.7 Å². The van der Waals surface area contributed by atoms with Crippen LogP contribution in [0.15, 0.2) is 41.8 Å². The molecule has 0 spiro atoms. The van der Waals surface area contributed by atoms with Crippen molar-refractivity contribution in [3.63, 3.8) is 0 Å². The fraction of sp³-hybridized carbons (Fsp3) is 0.318. The summed E-state index contributed by atoms with van der Waals surface area (Å²) in [6.07, 6.45) is 2.27. The lowest BCUT2D eigenvalue weighted by Gasteiger charge is -2.16. The highest BCUT2D eigenvalue weighted by Crippen LogP contribution is 2.32. The first-order valence-electron chi connectivity index (χ1n) is 9.64. The van der Waals surface area contributed by atoms with Crippen molar-refractivity contribution in [2.45, 2.75) is 39.2 Å². The van der Waals surface area contributed by atoms with Gasteiger partial charge in [-0.1, -0.05) is 37.3 Å². The molecule has 0 fully saturated rings. The second-order valence-electron chi connectivity index (χ2n) is 7.35. The monoisotopic (exact) mass is 426 g/mol. The van der Waals surface area contributed by atoms with Crippen LogP contribution in [0.4, 0.5) is 5.13 Å². The molecule has 29 heavy (non-hydrogen) atoms. The van der Waals surface area contributed by atoms with E-state index in [9.17, 15) is 9.59 Å². The summed E-state index contributed by atoms with van der Waals surface area (Å²) in [6, 6.07) is 11.7. The summed E-state index contributed by atoms with van der Waals surface area (Å²) in [6.45, 7) is 3.81. The number of amides is 1. The topological polar surface area (TPSA) is 68.3 Å². The smallest absolute Gasteiger partial charge is 0.349 e. The van der Waals surface area contributed by atoms with Gasteiger partial charge in [0.15, 0.2) is 11.2 Å². The number of carbonyl (C=O) groups excluding carboxylic acids is 2. The van der Waals surface area contributed by atoms with Gasteiger partial charge in [-0.15, -0.1) is 22.7 Å². The molecule has 2 heterocycles. The maximum atomic E-state index is 12.5. The molecule has 0 saturated heterocycles. The summed E-state index contributed by atoms with van der Waals surface area (Å²) in [5.41, 5.74) is 3.03. The van der Waals surface area contributed by atoms with Crippen molar-refractivity contribution in [2.75, 3.05) is 5.32 Å². The first-order valence-corrected chi connectivity index (χ1v) is 11.3. The average Bonchev–Trinajstić information content (AvgIpc) is 3.35. The second-order valence-corrected chi connectivity index (χ2v) is 9.34. The van der Waals surface area contributed by atoms with Gasteiger partial charge in [0.05, 0.1) is 5.69 Å². The molecule has 1 aliphatic rings. The van der Waals surface area contributed by atoms with Crippen molar-refractivity contribution in [3.8, 4) is 11.3 Å². The van der Waals surface area contributed by atoms with Crippen LogP contribution < -0.4 is 5.32 Å². The maximum Gasteiger partial charge on any atom is 0.349 e. The van der Waals surface area contributed by atoms with Crippen LogP contribution in [0.1, 0.15) is 40.4 Å². The van der Waals surface area contributed by atoms with Crippen LogP contribution in [0.25, 0.3) is 11.3 Å². The Morgan fingerprint density at radius 3 is 2.86 bits per heavy atom. The van der Waals surface area contributed by atoms with E-state index in [1.54, 1.807) is 6.92 Å². The number of fused-ring (bicyclic) bond motifs is 1. The van der Waals surface area contributed by atoms with Crippen molar-refractivity contribution >= 4 is 39.7 Å². The Morgan fingerprint density at radius 1 is 1.28 bits per heavy atom. The van der Waals surface area contributed by atoms with E-state index in [0.717, 1.165) is 30.5 Å². The van der Waals surface area contributed by atoms with Crippen LogP contribution in [-0.4, -0.2) is 23.0 Å². The van der Waals surface area contributed by atoms with Gasteiger partial charge in [0.25, 0.3) is 5.91 Å². The van der Waals surface area contributed by atoms with Crippen LogP contribution >= 0.6 is 22.7 Å². The summed E-state index contributed by atoms with van der Waals surface area (Å²) in [5, 5.41) is 5.11. The average molecular weight is 427 g/mol. The van der Waals surface area contributed by atoms with E-state index < -0.39 is 12.1 Å². The molecule has 0 radical (unpaired) electrons. The van der Waals surface area contributed by atoms with Gasteiger partial charge in [-0.3, -0.25) is 10.1 Å². The lowest BCUT2D eigenvalue weighted by molar-refractivity contribution is -0.123. The van der Waals surface area contributed by atoms with Crippen molar-refractivity contribution in [1.82, 2.24) is 4.98 Å². The summed E-state index contributed by atoms with van der Waals surface area (Å²) in [5.74, 6) is -0.184. The first kappa shape index (κ1) is 19.8. The fourth-order valence-electron chi connectivity index (χ4n) is 3.36. The minimum Gasteiger partial charge on any atom is -0.448 e. The molecule has 0 bridgehead atoms. The Labute approximate surface area is 177 Å². The summed E-state index contributed by atoms with van der Waals surface area (Å²) < 4.78 is 5.40. The van der Waals surface area contributed by atoms with Gasteiger partial charge in [0, 0.05) is 15.8 Å². The predicted octanol–water partition coefficient (Wildman–Crippen LogP) is 5.18. The number of rotatable bonds is 5. The van der Waals surface area contributed by atoms with Gasteiger partial charge in [-0.25, -0.2) is 9.78 Å². The Bertz CT molecular complexity index is 1030. The van der Waals surface area contributed by atoms with Crippen LogP contribution in [0.2, 0.25) is 0 Å². The number of esters is 1. The van der Waals surface area contributed by atoms with Gasteiger partial charge in [-0.2, -0.15) is 0 Å². The Hall–Kier alpha value is -2.51. The molecule has 0 unspecified atom stereocenters. The van der Waals surface area contributed by atoms with Gasteiger partial charge < -0.3 is 4.74 Å². The number of thiophene rings is 1. The van der Waals surface area contributed by atoms with Crippen LogP contribution in [0.3, 0.4) is 0 Å². The normalized spacial score (nSPS) is 16.7. The molecule has 1 amide bonds. The molecular weight excluding hydrogens is 404 g/mol. The molecule has 0 saturated carbocycles. The number of nitrogens with one attached hydrogen (secondary N) is 1. The lowest BCUT2D eigenvalue weighted by Crippen LogP contribution is -2.29. The molecule has 1 aromatic carbocycles. The summed E-state index contributed by atoms with van der Waals surface area (Å²) in [7, 11) is 0. The van der Waals surface area contributed by atoms with Crippen LogP contribution in [-0.2, 0) is 22.4 Å². The van der Waals surface area contributed by atoms with Crippen molar-refractivity contribution in [3.05, 3.63) is 57.1 Å².